The predicted molar refractivity (Wildman–Crippen MR) is 98.5 cm³/mol. The van der Waals surface area contributed by atoms with Gasteiger partial charge in [-0.25, -0.2) is 4.98 Å². The summed E-state index contributed by atoms with van der Waals surface area (Å²) in [6, 6.07) is 11.0. The lowest BCUT2D eigenvalue weighted by molar-refractivity contribution is -0.137. The quantitative estimate of drug-likeness (QED) is 0.594. The Kier molecular flexibility index (Phi) is 5.38. The Morgan fingerprint density at radius 2 is 1.89 bits per heavy atom. The van der Waals surface area contributed by atoms with Gasteiger partial charge in [0, 0.05) is 16.6 Å². The maximum atomic E-state index is 12.6. The van der Waals surface area contributed by atoms with Crippen molar-refractivity contribution < 1.29 is 22.7 Å². The monoisotopic (exact) mass is 412 g/mol. The number of nitrogens with zero attached hydrogens (tertiary/aromatic N) is 1. The van der Waals surface area contributed by atoms with Gasteiger partial charge in [-0.15, -0.1) is 11.3 Å². The number of halogens is 4. The lowest BCUT2D eigenvalue weighted by atomic mass is 10.1. The molecule has 4 nitrogen and oxygen atoms in total. The number of ether oxygens (including phenoxy) is 1. The van der Waals surface area contributed by atoms with Gasteiger partial charge >= 0.3 is 6.18 Å². The van der Waals surface area contributed by atoms with Crippen LogP contribution in [0.2, 0.25) is 5.02 Å². The first-order chi connectivity index (χ1) is 12.8. The van der Waals surface area contributed by atoms with Crippen molar-refractivity contribution in [3.8, 4) is 17.0 Å². The number of anilines is 1. The molecule has 1 N–H and O–H groups in total. The number of alkyl halides is 3. The van der Waals surface area contributed by atoms with Gasteiger partial charge in [0.1, 0.15) is 5.75 Å². The largest absolute Gasteiger partial charge is 0.497 e. The topological polar surface area (TPSA) is 51.2 Å². The van der Waals surface area contributed by atoms with E-state index in [1.807, 2.05) is 0 Å². The highest BCUT2D eigenvalue weighted by Crippen LogP contribution is 2.34. The average Bonchev–Trinajstić information content (AvgIpc) is 3.12. The minimum atomic E-state index is -4.46. The van der Waals surface area contributed by atoms with E-state index >= 15 is 0 Å². The highest BCUT2D eigenvalue weighted by Gasteiger charge is 2.34. The predicted octanol–water partition coefficient (Wildman–Crippen LogP) is 5.74. The molecule has 9 heteroatoms. The van der Waals surface area contributed by atoms with E-state index in [1.165, 1.54) is 18.6 Å². The molecule has 3 rings (SSSR count). The first-order valence-electron chi connectivity index (χ1n) is 7.56. The van der Waals surface area contributed by atoms with Crippen molar-refractivity contribution in [2.24, 2.45) is 0 Å². The molecule has 0 saturated heterocycles. The number of hydrogen-bond acceptors (Lipinski definition) is 4. The number of thiazole rings is 1. The molecule has 1 amide bonds. The molecule has 0 saturated carbocycles. The number of carbonyl (C=O) groups is 1. The van der Waals surface area contributed by atoms with Gasteiger partial charge in [-0.1, -0.05) is 23.7 Å². The molecule has 0 aliphatic heterocycles. The molecule has 0 aliphatic carbocycles. The molecular weight excluding hydrogens is 401 g/mol. The van der Waals surface area contributed by atoms with E-state index in [-0.39, 0.29) is 16.3 Å². The van der Waals surface area contributed by atoms with Crippen LogP contribution in [0.5, 0.6) is 5.75 Å². The summed E-state index contributed by atoms with van der Waals surface area (Å²) >= 11 is 6.61. The van der Waals surface area contributed by atoms with E-state index < -0.39 is 17.1 Å². The normalized spacial score (nSPS) is 11.3. The third-order valence-corrected chi connectivity index (χ3v) is 4.81. The Labute approximate surface area is 161 Å². The first kappa shape index (κ1) is 19.2. The van der Waals surface area contributed by atoms with Crippen molar-refractivity contribution in [3.05, 3.63) is 63.4 Å². The number of amides is 1. The van der Waals surface area contributed by atoms with Crippen molar-refractivity contribution in [1.29, 1.82) is 0 Å². The fourth-order valence-corrected chi connectivity index (χ4v) is 3.22. The zero-order valence-electron chi connectivity index (χ0n) is 13.8. The lowest BCUT2D eigenvalue weighted by Crippen LogP contribution is -2.12. The summed E-state index contributed by atoms with van der Waals surface area (Å²) in [6.45, 7) is 0. The first-order valence-corrected chi connectivity index (χ1v) is 8.82. The zero-order valence-corrected chi connectivity index (χ0v) is 15.4. The second kappa shape index (κ2) is 7.58. The Morgan fingerprint density at radius 1 is 1.19 bits per heavy atom. The molecule has 140 valence electrons. The molecule has 0 spiro atoms. The number of hydrogen-bond donors (Lipinski definition) is 1. The van der Waals surface area contributed by atoms with E-state index in [9.17, 15) is 18.0 Å². The molecule has 0 aliphatic rings. The summed E-state index contributed by atoms with van der Waals surface area (Å²) in [5.74, 6) is 0.116. The molecule has 2 aromatic carbocycles. The Balaban J connectivity index is 1.74. The van der Waals surface area contributed by atoms with Gasteiger partial charge in [0.15, 0.2) is 5.01 Å². The standard InChI is InChI=1S/C18H12ClF3N2O2S/c1-26-12-6-7-13(14(19)8-12)16(25)23-11-4-2-10(3-5-11)15-9-27-17(24-15)18(20,21)22/h2-9H,1H3,(H,23,25). The van der Waals surface area contributed by atoms with E-state index in [0.29, 0.717) is 28.3 Å². The molecule has 0 radical (unpaired) electrons. The molecule has 27 heavy (non-hydrogen) atoms. The van der Waals surface area contributed by atoms with Crippen LogP contribution < -0.4 is 10.1 Å². The van der Waals surface area contributed by atoms with E-state index in [2.05, 4.69) is 10.3 Å². The summed E-state index contributed by atoms with van der Waals surface area (Å²) < 4.78 is 43.0. The van der Waals surface area contributed by atoms with Crippen LogP contribution >= 0.6 is 22.9 Å². The molecular formula is C18H12ClF3N2O2S. The maximum Gasteiger partial charge on any atom is 0.443 e. The van der Waals surface area contributed by atoms with Gasteiger partial charge in [-0.05, 0) is 30.3 Å². The van der Waals surface area contributed by atoms with E-state index in [0.717, 1.165) is 0 Å². The maximum absolute atomic E-state index is 12.6. The van der Waals surface area contributed by atoms with Crippen LogP contribution in [-0.2, 0) is 6.18 Å². The van der Waals surface area contributed by atoms with Gasteiger partial charge in [-0.2, -0.15) is 13.2 Å². The second-order valence-corrected chi connectivity index (χ2v) is 6.68. The van der Waals surface area contributed by atoms with Gasteiger partial charge in [0.05, 0.1) is 23.4 Å². The summed E-state index contributed by atoms with van der Waals surface area (Å²) in [5.41, 5.74) is 1.49. The highest BCUT2D eigenvalue weighted by molar-refractivity contribution is 7.10. The third kappa shape index (κ3) is 4.40. The van der Waals surface area contributed by atoms with Crippen LogP contribution in [0.15, 0.2) is 47.8 Å². The molecule has 0 bridgehead atoms. The molecule has 0 unspecified atom stereocenters. The molecule has 1 aromatic heterocycles. The van der Waals surface area contributed by atoms with Crippen LogP contribution in [0.4, 0.5) is 18.9 Å². The lowest BCUT2D eigenvalue weighted by Gasteiger charge is -2.08. The van der Waals surface area contributed by atoms with Crippen LogP contribution in [0, 0.1) is 0 Å². The smallest absolute Gasteiger partial charge is 0.443 e. The number of nitrogens with one attached hydrogen (secondary N) is 1. The van der Waals surface area contributed by atoms with E-state index in [4.69, 9.17) is 16.3 Å². The molecule has 0 fully saturated rings. The number of carbonyl (C=O) groups excluding carboxylic acids is 1. The molecule has 3 aromatic rings. The fraction of sp³-hybridized carbons (Fsp3) is 0.111. The van der Waals surface area contributed by atoms with Crippen molar-refractivity contribution in [3.63, 3.8) is 0 Å². The van der Waals surface area contributed by atoms with Gasteiger partial charge in [-0.3, -0.25) is 4.79 Å². The minimum absolute atomic E-state index is 0.225. The Morgan fingerprint density at radius 3 is 2.44 bits per heavy atom. The SMILES string of the molecule is COc1ccc(C(=O)Nc2ccc(-c3csc(C(F)(F)F)n3)cc2)c(Cl)c1. The number of aromatic nitrogens is 1. The summed E-state index contributed by atoms with van der Waals surface area (Å²) in [5, 5.41) is 3.37. The van der Waals surface area contributed by atoms with Gasteiger partial charge in [0.2, 0.25) is 0 Å². The van der Waals surface area contributed by atoms with Crippen LogP contribution in [-0.4, -0.2) is 18.0 Å². The fourth-order valence-electron chi connectivity index (χ4n) is 2.27. The molecule has 1 heterocycles. The van der Waals surface area contributed by atoms with Crippen LogP contribution in [0.25, 0.3) is 11.3 Å². The summed E-state index contributed by atoms with van der Waals surface area (Å²) in [6.07, 6.45) is -4.46. The number of rotatable bonds is 4. The molecule has 0 atom stereocenters. The highest BCUT2D eigenvalue weighted by atomic mass is 35.5. The van der Waals surface area contributed by atoms with E-state index in [1.54, 1.807) is 36.4 Å². The van der Waals surface area contributed by atoms with Crippen LogP contribution in [0.1, 0.15) is 15.4 Å². The minimum Gasteiger partial charge on any atom is -0.497 e. The van der Waals surface area contributed by atoms with Crippen molar-refractivity contribution in [2.45, 2.75) is 6.18 Å². The Bertz CT molecular complexity index is 971. The second-order valence-electron chi connectivity index (χ2n) is 5.41. The summed E-state index contributed by atoms with van der Waals surface area (Å²) in [4.78, 5) is 15.9. The zero-order chi connectivity index (χ0) is 19.6. The van der Waals surface area contributed by atoms with Gasteiger partial charge in [0.25, 0.3) is 5.91 Å². The third-order valence-electron chi connectivity index (χ3n) is 3.61. The van der Waals surface area contributed by atoms with Crippen LogP contribution in [0.3, 0.4) is 0 Å². The average molecular weight is 413 g/mol. The number of benzene rings is 2. The van der Waals surface area contributed by atoms with Crippen molar-refractivity contribution in [2.75, 3.05) is 12.4 Å². The van der Waals surface area contributed by atoms with Gasteiger partial charge < -0.3 is 10.1 Å². The Hall–Kier alpha value is -2.58. The van der Waals surface area contributed by atoms with Crippen molar-refractivity contribution >= 4 is 34.5 Å². The number of methoxy groups -OCH3 is 1. The summed E-state index contributed by atoms with van der Waals surface area (Å²) in [7, 11) is 1.49. The van der Waals surface area contributed by atoms with Crippen molar-refractivity contribution in [1.82, 2.24) is 4.98 Å².